The molecule has 0 saturated carbocycles. The standard InChI is InChI=1S/C42H43N5O5/c1-42(2,3)52-38(49)25-35(43-4)40(50)44-32-19-15-30(16-20-32)27-51-41-36(24-29-13-9-6-10-14-29)46-39-34(23-28-11-7-5-8-12-28)45-37(26-47(39)41)31-17-21-33(48)22-18-31/h5-22,26,35,43,48H,23-25,27H2,1-4H3,(H,44,50). The molecule has 2 aromatic heterocycles. The van der Waals surface area contributed by atoms with Crippen LogP contribution in [-0.2, 0) is 33.8 Å². The van der Waals surface area contributed by atoms with Crippen molar-refractivity contribution in [2.45, 2.75) is 58.3 Å². The van der Waals surface area contributed by atoms with Gasteiger partial charge in [0.15, 0.2) is 5.65 Å². The van der Waals surface area contributed by atoms with Crippen molar-refractivity contribution >= 4 is 23.2 Å². The van der Waals surface area contributed by atoms with E-state index in [9.17, 15) is 14.7 Å². The van der Waals surface area contributed by atoms with E-state index in [0.717, 1.165) is 39.3 Å². The van der Waals surface area contributed by atoms with E-state index in [4.69, 9.17) is 19.4 Å². The molecule has 3 N–H and O–H groups in total. The first-order chi connectivity index (χ1) is 25.0. The predicted molar refractivity (Wildman–Crippen MR) is 201 cm³/mol. The fourth-order valence-corrected chi connectivity index (χ4v) is 5.81. The Morgan fingerprint density at radius 2 is 1.40 bits per heavy atom. The SMILES string of the molecule is CNC(CC(=O)OC(C)(C)C)C(=O)Nc1ccc(COc2c(Cc3ccccc3)nc3c(Cc4ccccc4)nc(-c4ccc(O)cc4)cn23)cc1. The summed E-state index contributed by atoms with van der Waals surface area (Å²) < 4.78 is 14.0. The monoisotopic (exact) mass is 697 g/mol. The Morgan fingerprint density at radius 3 is 2.00 bits per heavy atom. The van der Waals surface area contributed by atoms with Crippen LogP contribution in [0, 0.1) is 0 Å². The maximum Gasteiger partial charge on any atom is 0.308 e. The third-order valence-electron chi connectivity index (χ3n) is 8.34. The van der Waals surface area contributed by atoms with Crippen LogP contribution in [0.3, 0.4) is 0 Å². The Bertz CT molecular complexity index is 2120. The van der Waals surface area contributed by atoms with Crippen molar-refractivity contribution in [3.05, 3.63) is 143 Å². The molecule has 0 fully saturated rings. The highest BCUT2D eigenvalue weighted by molar-refractivity contribution is 5.97. The molecule has 2 heterocycles. The van der Waals surface area contributed by atoms with Gasteiger partial charge >= 0.3 is 5.97 Å². The van der Waals surface area contributed by atoms with Crippen molar-refractivity contribution in [2.24, 2.45) is 0 Å². The Morgan fingerprint density at radius 1 is 0.788 bits per heavy atom. The number of nitrogens with zero attached hydrogens (tertiary/aromatic N) is 3. The molecule has 1 atom stereocenters. The number of rotatable bonds is 13. The first-order valence-electron chi connectivity index (χ1n) is 17.2. The number of imidazole rings is 1. The lowest BCUT2D eigenvalue weighted by atomic mass is 10.1. The molecule has 0 aliphatic rings. The summed E-state index contributed by atoms with van der Waals surface area (Å²) in [7, 11) is 1.63. The zero-order chi connectivity index (χ0) is 36.7. The molecule has 4 aromatic carbocycles. The van der Waals surface area contributed by atoms with Gasteiger partial charge in [-0.15, -0.1) is 0 Å². The van der Waals surface area contributed by atoms with Crippen LogP contribution in [0.5, 0.6) is 11.6 Å². The molecule has 0 aliphatic carbocycles. The average Bonchev–Trinajstić information content (AvgIpc) is 3.47. The summed E-state index contributed by atoms with van der Waals surface area (Å²) in [5.74, 6) is -0.00369. The molecule has 0 aliphatic heterocycles. The number of hydrogen-bond acceptors (Lipinski definition) is 8. The second-order valence-electron chi connectivity index (χ2n) is 13.6. The van der Waals surface area contributed by atoms with E-state index in [2.05, 4.69) is 34.9 Å². The van der Waals surface area contributed by atoms with Crippen LogP contribution in [0.2, 0.25) is 0 Å². The molecular weight excluding hydrogens is 654 g/mol. The number of aromatic nitrogens is 3. The normalized spacial score (nSPS) is 12.0. The highest BCUT2D eigenvalue weighted by Gasteiger charge is 2.25. The molecule has 52 heavy (non-hydrogen) atoms. The van der Waals surface area contributed by atoms with E-state index >= 15 is 0 Å². The molecule has 6 rings (SSSR count). The van der Waals surface area contributed by atoms with Crippen LogP contribution in [0.15, 0.2) is 115 Å². The second kappa shape index (κ2) is 15.9. The van der Waals surface area contributed by atoms with Crippen LogP contribution >= 0.6 is 0 Å². The molecule has 0 radical (unpaired) electrons. The van der Waals surface area contributed by atoms with Crippen molar-refractivity contribution in [3.63, 3.8) is 0 Å². The fraction of sp³-hybridized carbons (Fsp3) is 0.238. The minimum atomic E-state index is -0.746. The highest BCUT2D eigenvalue weighted by Crippen LogP contribution is 2.30. The maximum atomic E-state index is 13.0. The summed E-state index contributed by atoms with van der Waals surface area (Å²) in [6.45, 7) is 5.62. The molecule has 1 unspecified atom stereocenters. The van der Waals surface area contributed by atoms with Gasteiger partial charge in [-0.2, -0.15) is 0 Å². The van der Waals surface area contributed by atoms with Gasteiger partial charge < -0.3 is 25.2 Å². The number of nitrogens with one attached hydrogen (secondary N) is 2. The zero-order valence-corrected chi connectivity index (χ0v) is 29.8. The largest absolute Gasteiger partial charge is 0.508 e. The Hall–Kier alpha value is -6.00. The van der Waals surface area contributed by atoms with E-state index in [1.54, 1.807) is 52.1 Å². The van der Waals surface area contributed by atoms with E-state index in [1.807, 2.05) is 71.3 Å². The first kappa shape index (κ1) is 35.8. The number of benzene rings is 4. The number of anilines is 1. The minimum Gasteiger partial charge on any atom is -0.508 e. The van der Waals surface area contributed by atoms with E-state index in [0.29, 0.717) is 30.1 Å². The van der Waals surface area contributed by atoms with Crippen molar-refractivity contribution in [2.75, 3.05) is 12.4 Å². The number of carbonyl (C=O) groups excluding carboxylic acids is 2. The molecule has 0 bridgehead atoms. The van der Waals surface area contributed by atoms with Crippen LogP contribution in [0.4, 0.5) is 5.69 Å². The lowest BCUT2D eigenvalue weighted by Gasteiger charge is -2.22. The smallest absolute Gasteiger partial charge is 0.308 e. The van der Waals surface area contributed by atoms with Gasteiger partial charge in [0.2, 0.25) is 11.8 Å². The second-order valence-corrected chi connectivity index (χ2v) is 13.6. The summed E-state index contributed by atoms with van der Waals surface area (Å²) in [4.78, 5) is 35.5. The molecule has 0 spiro atoms. The number of carbonyl (C=O) groups is 2. The predicted octanol–water partition coefficient (Wildman–Crippen LogP) is 7.12. The number of ether oxygens (including phenoxy) is 2. The number of aromatic hydroxyl groups is 1. The Balaban J connectivity index is 1.28. The molecule has 1 amide bonds. The number of fused-ring (bicyclic) bond motifs is 1. The van der Waals surface area contributed by atoms with E-state index < -0.39 is 17.6 Å². The minimum absolute atomic E-state index is 0.0901. The Labute approximate surface area is 303 Å². The topological polar surface area (TPSA) is 127 Å². The lowest BCUT2D eigenvalue weighted by Crippen LogP contribution is -2.41. The maximum absolute atomic E-state index is 13.0. The highest BCUT2D eigenvalue weighted by atomic mass is 16.6. The number of likely N-dealkylation sites (N-methyl/N-ethyl adjacent to an activating group) is 1. The number of hydrogen-bond donors (Lipinski definition) is 3. The van der Waals surface area contributed by atoms with Crippen molar-refractivity contribution in [1.29, 1.82) is 0 Å². The quantitative estimate of drug-likeness (QED) is 0.109. The first-order valence-corrected chi connectivity index (χ1v) is 17.2. The number of esters is 1. The van der Waals surface area contributed by atoms with E-state index in [-0.39, 0.29) is 24.7 Å². The number of phenolic OH excluding ortho intramolecular Hbond substituents is 1. The van der Waals surface area contributed by atoms with Crippen LogP contribution < -0.4 is 15.4 Å². The van der Waals surface area contributed by atoms with Gasteiger partial charge in [0.05, 0.1) is 23.9 Å². The van der Waals surface area contributed by atoms with Crippen molar-refractivity contribution in [3.8, 4) is 22.9 Å². The molecule has 6 aromatic rings. The molecule has 10 heteroatoms. The third kappa shape index (κ3) is 9.21. The summed E-state index contributed by atoms with van der Waals surface area (Å²) in [5, 5.41) is 15.7. The summed E-state index contributed by atoms with van der Waals surface area (Å²) in [6, 6.07) is 33.9. The van der Waals surface area contributed by atoms with Crippen molar-refractivity contribution in [1.82, 2.24) is 19.7 Å². The summed E-state index contributed by atoms with van der Waals surface area (Å²) in [6.07, 6.45) is 2.96. The lowest BCUT2D eigenvalue weighted by molar-refractivity contribution is -0.156. The van der Waals surface area contributed by atoms with Gasteiger partial charge in [0.25, 0.3) is 0 Å². The third-order valence-corrected chi connectivity index (χ3v) is 8.34. The molecular formula is C42H43N5O5. The van der Waals surface area contributed by atoms with Crippen LogP contribution in [-0.4, -0.2) is 50.0 Å². The van der Waals surface area contributed by atoms with Crippen LogP contribution in [0.1, 0.15) is 55.3 Å². The molecule has 0 saturated heterocycles. The van der Waals surface area contributed by atoms with E-state index in [1.165, 1.54) is 0 Å². The summed E-state index contributed by atoms with van der Waals surface area (Å²) in [5.41, 5.74) is 6.89. The van der Waals surface area contributed by atoms with Gasteiger partial charge in [-0.05, 0) is 80.9 Å². The van der Waals surface area contributed by atoms with Gasteiger partial charge in [0, 0.05) is 30.3 Å². The van der Waals surface area contributed by atoms with Gasteiger partial charge in [-0.3, -0.25) is 14.0 Å². The average molecular weight is 698 g/mol. The fourth-order valence-electron chi connectivity index (χ4n) is 5.81. The number of amides is 1. The molecule has 10 nitrogen and oxygen atoms in total. The summed E-state index contributed by atoms with van der Waals surface area (Å²) >= 11 is 0. The van der Waals surface area contributed by atoms with Gasteiger partial charge in [0.1, 0.15) is 23.7 Å². The van der Waals surface area contributed by atoms with Gasteiger partial charge in [-0.1, -0.05) is 72.8 Å². The Kier molecular flexibility index (Phi) is 11.0. The zero-order valence-electron chi connectivity index (χ0n) is 29.8. The number of phenols is 1. The van der Waals surface area contributed by atoms with Crippen LogP contribution in [0.25, 0.3) is 16.9 Å². The van der Waals surface area contributed by atoms with Crippen molar-refractivity contribution < 1.29 is 24.2 Å². The molecule has 266 valence electrons. The van der Waals surface area contributed by atoms with Gasteiger partial charge in [-0.25, -0.2) is 9.97 Å².